The number of rotatable bonds is 4. The van der Waals surface area contributed by atoms with Gasteiger partial charge in [-0.3, -0.25) is 9.59 Å². The zero-order chi connectivity index (χ0) is 23.5. The molecule has 0 aromatic heterocycles. The Morgan fingerprint density at radius 2 is 1.53 bits per heavy atom. The van der Waals surface area contributed by atoms with Gasteiger partial charge in [0.15, 0.2) is 6.61 Å². The largest absolute Gasteiger partial charge is 0.483 e. The van der Waals surface area contributed by atoms with Crippen molar-refractivity contribution >= 4 is 11.8 Å². The Bertz CT molecular complexity index is 1000. The Balaban J connectivity index is 1.64. The number of benzene rings is 2. The lowest BCUT2D eigenvalue weighted by Gasteiger charge is -2.24. The van der Waals surface area contributed by atoms with E-state index >= 15 is 0 Å². The van der Waals surface area contributed by atoms with Crippen molar-refractivity contribution in [1.82, 2.24) is 9.80 Å². The summed E-state index contributed by atoms with van der Waals surface area (Å²) in [5, 5.41) is 0. The lowest BCUT2D eigenvalue weighted by molar-refractivity contribution is -0.138. The molecule has 0 atom stereocenters. The van der Waals surface area contributed by atoms with E-state index < -0.39 is 17.6 Å². The second kappa shape index (κ2) is 9.63. The maximum absolute atomic E-state index is 13.3. The van der Waals surface area contributed by atoms with E-state index in [9.17, 15) is 22.8 Å². The highest BCUT2D eigenvalue weighted by Crippen LogP contribution is 2.32. The quantitative estimate of drug-likeness (QED) is 0.698. The summed E-state index contributed by atoms with van der Waals surface area (Å²) in [7, 11) is 0. The molecule has 0 aliphatic carbocycles. The third-order valence-electron chi connectivity index (χ3n) is 5.81. The molecule has 1 heterocycles. The standard InChI is InChI=1S/C24H27F3N2O3/c1-16-9-10-17(2)22(18(16)3)32-15-21(30)28-11-6-12-29(14-13-28)23(31)19-7-4-5-8-20(19)24(25,26)27/h4-5,7-10H,6,11-15H2,1-3H3. The maximum atomic E-state index is 13.3. The van der Waals surface area contributed by atoms with Crippen molar-refractivity contribution < 1.29 is 27.5 Å². The number of hydrogen-bond acceptors (Lipinski definition) is 3. The molecule has 172 valence electrons. The highest BCUT2D eigenvalue weighted by molar-refractivity contribution is 5.96. The average Bonchev–Trinajstić information content (AvgIpc) is 3.01. The highest BCUT2D eigenvalue weighted by atomic mass is 19.4. The fourth-order valence-corrected chi connectivity index (χ4v) is 3.83. The van der Waals surface area contributed by atoms with Gasteiger partial charge in [-0.15, -0.1) is 0 Å². The summed E-state index contributed by atoms with van der Waals surface area (Å²) in [6, 6.07) is 8.72. The van der Waals surface area contributed by atoms with Gasteiger partial charge in [-0.25, -0.2) is 0 Å². The second-order valence-corrected chi connectivity index (χ2v) is 8.01. The molecule has 1 saturated heterocycles. The van der Waals surface area contributed by atoms with E-state index in [0.717, 1.165) is 22.8 Å². The molecule has 0 N–H and O–H groups in total. The van der Waals surface area contributed by atoms with Gasteiger partial charge in [0.05, 0.1) is 11.1 Å². The molecule has 1 aliphatic heterocycles. The Morgan fingerprint density at radius 3 is 2.25 bits per heavy atom. The van der Waals surface area contributed by atoms with Crippen molar-refractivity contribution in [2.45, 2.75) is 33.4 Å². The van der Waals surface area contributed by atoms with Crippen LogP contribution in [0.15, 0.2) is 36.4 Å². The molecule has 2 aromatic carbocycles. The lowest BCUT2D eigenvalue weighted by atomic mass is 10.1. The summed E-state index contributed by atoms with van der Waals surface area (Å²) < 4.78 is 45.7. The summed E-state index contributed by atoms with van der Waals surface area (Å²) >= 11 is 0. The van der Waals surface area contributed by atoms with Gasteiger partial charge in [-0.1, -0.05) is 24.3 Å². The topological polar surface area (TPSA) is 49.9 Å². The van der Waals surface area contributed by atoms with Crippen LogP contribution in [0.5, 0.6) is 5.75 Å². The summed E-state index contributed by atoms with van der Waals surface area (Å²) in [4.78, 5) is 28.5. The van der Waals surface area contributed by atoms with Gasteiger partial charge in [0.25, 0.3) is 11.8 Å². The Kier molecular flexibility index (Phi) is 7.11. The van der Waals surface area contributed by atoms with Crippen LogP contribution in [0.25, 0.3) is 0 Å². The maximum Gasteiger partial charge on any atom is 0.417 e. The lowest BCUT2D eigenvalue weighted by Crippen LogP contribution is -2.39. The number of alkyl halides is 3. The van der Waals surface area contributed by atoms with Crippen molar-refractivity contribution in [3.05, 3.63) is 64.2 Å². The number of ether oxygens (including phenoxy) is 1. The van der Waals surface area contributed by atoms with Crippen LogP contribution in [0.2, 0.25) is 0 Å². The van der Waals surface area contributed by atoms with E-state index in [0.29, 0.717) is 18.7 Å². The summed E-state index contributed by atoms with van der Waals surface area (Å²) in [6.45, 7) is 6.81. The first kappa shape index (κ1) is 23.6. The Morgan fingerprint density at radius 1 is 0.906 bits per heavy atom. The fraction of sp³-hybridized carbons (Fsp3) is 0.417. The molecule has 0 spiro atoms. The Labute approximate surface area is 185 Å². The molecule has 2 aromatic rings. The van der Waals surface area contributed by atoms with Crippen LogP contribution in [0.1, 0.15) is 39.0 Å². The van der Waals surface area contributed by atoms with Crippen molar-refractivity contribution in [2.24, 2.45) is 0 Å². The molecular formula is C24H27F3N2O3. The zero-order valence-corrected chi connectivity index (χ0v) is 18.5. The van der Waals surface area contributed by atoms with Crippen LogP contribution in [-0.4, -0.2) is 54.4 Å². The van der Waals surface area contributed by atoms with E-state index in [4.69, 9.17) is 4.74 Å². The van der Waals surface area contributed by atoms with Gasteiger partial charge < -0.3 is 14.5 Å². The predicted octanol–water partition coefficient (Wildman–Crippen LogP) is 4.38. The number of nitrogens with zero attached hydrogens (tertiary/aromatic N) is 2. The molecule has 0 saturated carbocycles. The molecule has 1 aliphatic rings. The van der Waals surface area contributed by atoms with Crippen LogP contribution < -0.4 is 4.74 Å². The van der Waals surface area contributed by atoms with Crippen LogP contribution in [0.4, 0.5) is 13.2 Å². The first-order chi connectivity index (χ1) is 15.1. The molecule has 1 fully saturated rings. The normalized spacial score (nSPS) is 14.8. The van der Waals surface area contributed by atoms with Gasteiger partial charge in [-0.2, -0.15) is 13.2 Å². The van der Waals surface area contributed by atoms with Gasteiger partial charge in [0.2, 0.25) is 0 Å². The summed E-state index contributed by atoms with van der Waals surface area (Å²) in [6.07, 6.45) is -4.13. The molecular weight excluding hydrogens is 421 g/mol. The Hall–Kier alpha value is -3.03. The van der Waals surface area contributed by atoms with Crippen molar-refractivity contribution in [3.63, 3.8) is 0 Å². The monoisotopic (exact) mass is 448 g/mol. The second-order valence-electron chi connectivity index (χ2n) is 8.01. The number of carbonyl (C=O) groups is 2. The minimum atomic E-state index is -4.61. The van der Waals surface area contributed by atoms with Crippen LogP contribution in [0.3, 0.4) is 0 Å². The summed E-state index contributed by atoms with van der Waals surface area (Å²) in [5.74, 6) is -0.196. The van der Waals surface area contributed by atoms with E-state index in [1.807, 2.05) is 32.9 Å². The molecule has 3 rings (SSSR count). The van der Waals surface area contributed by atoms with Crippen LogP contribution in [0, 0.1) is 20.8 Å². The number of aryl methyl sites for hydroxylation is 2. The van der Waals surface area contributed by atoms with E-state index in [1.54, 1.807) is 4.90 Å². The zero-order valence-electron chi connectivity index (χ0n) is 18.5. The third-order valence-corrected chi connectivity index (χ3v) is 5.81. The average molecular weight is 448 g/mol. The highest BCUT2D eigenvalue weighted by Gasteiger charge is 2.36. The van der Waals surface area contributed by atoms with Crippen LogP contribution in [-0.2, 0) is 11.0 Å². The van der Waals surface area contributed by atoms with Crippen molar-refractivity contribution in [2.75, 3.05) is 32.8 Å². The minimum Gasteiger partial charge on any atom is -0.483 e. The van der Waals surface area contributed by atoms with E-state index in [-0.39, 0.29) is 37.7 Å². The van der Waals surface area contributed by atoms with Gasteiger partial charge in [0.1, 0.15) is 5.75 Å². The SMILES string of the molecule is Cc1ccc(C)c(OCC(=O)N2CCCN(C(=O)c3ccccc3C(F)(F)F)CC2)c1C. The molecule has 0 bridgehead atoms. The van der Waals surface area contributed by atoms with Crippen molar-refractivity contribution in [3.8, 4) is 5.75 Å². The molecule has 0 radical (unpaired) electrons. The molecule has 32 heavy (non-hydrogen) atoms. The van der Waals surface area contributed by atoms with E-state index in [1.165, 1.54) is 23.1 Å². The fourth-order valence-electron chi connectivity index (χ4n) is 3.83. The molecule has 0 unspecified atom stereocenters. The number of carbonyl (C=O) groups excluding carboxylic acids is 2. The van der Waals surface area contributed by atoms with Gasteiger partial charge >= 0.3 is 6.18 Å². The molecule has 8 heteroatoms. The minimum absolute atomic E-state index is 0.129. The number of amides is 2. The predicted molar refractivity (Wildman–Crippen MR) is 115 cm³/mol. The third kappa shape index (κ3) is 5.23. The summed E-state index contributed by atoms with van der Waals surface area (Å²) in [5.41, 5.74) is 1.68. The number of hydrogen-bond donors (Lipinski definition) is 0. The smallest absolute Gasteiger partial charge is 0.417 e. The molecule has 5 nitrogen and oxygen atoms in total. The molecule has 2 amide bonds. The van der Waals surface area contributed by atoms with Gasteiger partial charge in [0, 0.05) is 26.2 Å². The van der Waals surface area contributed by atoms with Crippen LogP contribution >= 0.6 is 0 Å². The number of halogens is 3. The first-order valence-electron chi connectivity index (χ1n) is 10.5. The van der Waals surface area contributed by atoms with Crippen molar-refractivity contribution in [1.29, 1.82) is 0 Å². The first-order valence-corrected chi connectivity index (χ1v) is 10.5. The van der Waals surface area contributed by atoms with E-state index in [2.05, 4.69) is 0 Å². The van der Waals surface area contributed by atoms with Gasteiger partial charge in [-0.05, 0) is 56.0 Å².